The molecule has 0 radical (unpaired) electrons. The summed E-state index contributed by atoms with van der Waals surface area (Å²) in [6, 6.07) is 0. The molecule has 0 aromatic carbocycles. The molecule has 5 heteroatoms. The Labute approximate surface area is 102 Å². The monoisotopic (exact) mass is 242 g/mol. The summed E-state index contributed by atoms with van der Waals surface area (Å²) < 4.78 is 11.2. The van der Waals surface area contributed by atoms with E-state index < -0.39 is 5.60 Å². The third-order valence-electron chi connectivity index (χ3n) is 3.15. The first kappa shape index (κ1) is 12.6. The van der Waals surface area contributed by atoms with Gasteiger partial charge in [-0.2, -0.15) is 0 Å². The third-order valence-corrected chi connectivity index (χ3v) is 3.15. The fraction of sp³-hybridized carbons (Fsp3) is 0.917. The Bertz CT molecular complexity index is 295. The van der Waals surface area contributed by atoms with Crippen LogP contribution >= 0.6 is 0 Å². The molecule has 98 valence electrons. The molecule has 1 N–H and O–H groups in total. The summed E-state index contributed by atoms with van der Waals surface area (Å²) >= 11 is 0. The van der Waals surface area contributed by atoms with Crippen molar-refractivity contribution in [1.29, 1.82) is 0 Å². The Balaban J connectivity index is 1.88. The van der Waals surface area contributed by atoms with Gasteiger partial charge >= 0.3 is 6.09 Å². The molecule has 17 heavy (non-hydrogen) atoms. The van der Waals surface area contributed by atoms with Crippen molar-refractivity contribution in [2.75, 3.05) is 32.8 Å². The van der Waals surface area contributed by atoms with Gasteiger partial charge in [0.2, 0.25) is 0 Å². The summed E-state index contributed by atoms with van der Waals surface area (Å²) in [5.74, 6) is 0. The van der Waals surface area contributed by atoms with E-state index in [1.165, 1.54) is 0 Å². The minimum Gasteiger partial charge on any atom is -0.444 e. The Kier molecular flexibility index (Phi) is 3.32. The summed E-state index contributed by atoms with van der Waals surface area (Å²) in [5, 5.41) is 3.22. The van der Waals surface area contributed by atoms with Crippen LogP contribution in [-0.2, 0) is 9.47 Å². The van der Waals surface area contributed by atoms with Gasteiger partial charge in [0.25, 0.3) is 0 Å². The number of hydrogen-bond acceptors (Lipinski definition) is 4. The molecule has 2 saturated heterocycles. The number of carbonyl (C=O) groups is 1. The van der Waals surface area contributed by atoms with Crippen LogP contribution in [0, 0.1) is 0 Å². The number of hydrogen-bond donors (Lipinski definition) is 1. The van der Waals surface area contributed by atoms with Gasteiger partial charge in [0.15, 0.2) is 0 Å². The zero-order chi connectivity index (χ0) is 12.5. The lowest BCUT2D eigenvalue weighted by Crippen LogP contribution is -2.61. The van der Waals surface area contributed by atoms with E-state index in [-0.39, 0.29) is 11.7 Å². The van der Waals surface area contributed by atoms with Gasteiger partial charge in [-0.3, -0.25) is 0 Å². The second-order valence-corrected chi connectivity index (χ2v) is 5.85. The molecule has 0 aromatic heterocycles. The number of rotatable bonds is 0. The largest absolute Gasteiger partial charge is 0.444 e. The van der Waals surface area contributed by atoms with Crippen LogP contribution in [-0.4, -0.2) is 55.0 Å². The Morgan fingerprint density at radius 3 is 2.59 bits per heavy atom. The van der Waals surface area contributed by atoms with Crippen molar-refractivity contribution in [2.45, 2.75) is 38.4 Å². The molecule has 2 aliphatic rings. The highest BCUT2D eigenvalue weighted by atomic mass is 16.6. The molecule has 1 spiro atoms. The smallest absolute Gasteiger partial charge is 0.410 e. The normalized spacial score (nSPS) is 24.1. The van der Waals surface area contributed by atoms with Crippen LogP contribution < -0.4 is 5.32 Å². The lowest BCUT2D eigenvalue weighted by Gasteiger charge is -2.41. The summed E-state index contributed by atoms with van der Waals surface area (Å²) in [6.45, 7) is 9.39. The number of amides is 1. The zero-order valence-corrected chi connectivity index (χ0v) is 10.9. The molecule has 0 atom stereocenters. The molecule has 2 heterocycles. The predicted octanol–water partition coefficient (Wildman–Crippen LogP) is 0.986. The molecule has 0 aromatic rings. The average molecular weight is 242 g/mol. The second kappa shape index (κ2) is 4.46. The molecule has 0 bridgehead atoms. The molecule has 0 aliphatic carbocycles. The molecule has 1 amide bonds. The van der Waals surface area contributed by atoms with Gasteiger partial charge in [-0.25, -0.2) is 4.79 Å². The Hall–Kier alpha value is -0.810. The molecule has 0 saturated carbocycles. The van der Waals surface area contributed by atoms with Crippen molar-refractivity contribution < 1.29 is 14.3 Å². The van der Waals surface area contributed by atoms with Crippen LogP contribution in [0.5, 0.6) is 0 Å². The SMILES string of the molecule is CC(C)(C)OC(=O)N1CCOC2(CC1)CNC2. The first-order valence-electron chi connectivity index (χ1n) is 6.23. The highest BCUT2D eigenvalue weighted by Gasteiger charge is 2.40. The third kappa shape index (κ3) is 3.10. The van der Waals surface area contributed by atoms with Crippen LogP contribution in [0.4, 0.5) is 4.79 Å². The van der Waals surface area contributed by atoms with E-state index >= 15 is 0 Å². The molecular formula is C12H22N2O3. The van der Waals surface area contributed by atoms with E-state index in [1.807, 2.05) is 20.8 Å². The topological polar surface area (TPSA) is 50.8 Å². The lowest BCUT2D eigenvalue weighted by molar-refractivity contribution is -0.0738. The maximum absolute atomic E-state index is 11.9. The summed E-state index contributed by atoms with van der Waals surface area (Å²) in [7, 11) is 0. The van der Waals surface area contributed by atoms with Gasteiger partial charge < -0.3 is 19.7 Å². The zero-order valence-electron chi connectivity index (χ0n) is 10.9. The molecular weight excluding hydrogens is 220 g/mol. The van der Waals surface area contributed by atoms with Crippen molar-refractivity contribution in [3.05, 3.63) is 0 Å². The van der Waals surface area contributed by atoms with E-state index in [9.17, 15) is 4.79 Å². The molecule has 0 unspecified atom stereocenters. The van der Waals surface area contributed by atoms with E-state index in [4.69, 9.17) is 9.47 Å². The minimum absolute atomic E-state index is 0.0310. The number of nitrogens with one attached hydrogen (secondary N) is 1. The second-order valence-electron chi connectivity index (χ2n) is 5.85. The molecule has 2 aliphatic heterocycles. The van der Waals surface area contributed by atoms with Gasteiger partial charge in [0, 0.05) is 26.2 Å². The molecule has 2 rings (SSSR count). The Morgan fingerprint density at radius 2 is 2.06 bits per heavy atom. The summed E-state index contributed by atoms with van der Waals surface area (Å²) in [6.07, 6.45) is 0.657. The van der Waals surface area contributed by atoms with Crippen LogP contribution in [0.1, 0.15) is 27.2 Å². The fourth-order valence-corrected chi connectivity index (χ4v) is 2.09. The number of nitrogens with zero attached hydrogens (tertiary/aromatic N) is 1. The summed E-state index contributed by atoms with van der Waals surface area (Å²) in [5.41, 5.74) is -0.462. The standard InChI is InChI=1S/C12H22N2O3/c1-11(2,3)17-10(15)14-5-4-12(8-13-9-12)16-7-6-14/h13H,4-9H2,1-3H3. The van der Waals surface area contributed by atoms with Crippen LogP contribution in [0.3, 0.4) is 0 Å². The van der Waals surface area contributed by atoms with E-state index in [0.29, 0.717) is 13.2 Å². The highest BCUT2D eigenvalue weighted by Crippen LogP contribution is 2.24. The van der Waals surface area contributed by atoms with Gasteiger partial charge in [-0.15, -0.1) is 0 Å². The van der Waals surface area contributed by atoms with Crippen molar-refractivity contribution in [2.24, 2.45) is 0 Å². The van der Waals surface area contributed by atoms with Gasteiger partial charge in [0.05, 0.1) is 12.2 Å². The first-order chi connectivity index (χ1) is 7.90. The quantitative estimate of drug-likeness (QED) is 0.688. The van der Waals surface area contributed by atoms with E-state index in [1.54, 1.807) is 4.90 Å². The van der Waals surface area contributed by atoms with Crippen LogP contribution in [0.25, 0.3) is 0 Å². The van der Waals surface area contributed by atoms with Crippen molar-refractivity contribution in [1.82, 2.24) is 10.2 Å². The number of carbonyl (C=O) groups excluding carboxylic acids is 1. The summed E-state index contributed by atoms with van der Waals surface area (Å²) in [4.78, 5) is 13.7. The molecule has 5 nitrogen and oxygen atoms in total. The average Bonchev–Trinajstić information content (AvgIpc) is 2.35. The van der Waals surface area contributed by atoms with Crippen molar-refractivity contribution in [3.63, 3.8) is 0 Å². The van der Waals surface area contributed by atoms with Crippen LogP contribution in [0.15, 0.2) is 0 Å². The maximum atomic E-state index is 11.9. The molecule has 2 fully saturated rings. The Morgan fingerprint density at radius 1 is 1.35 bits per heavy atom. The van der Waals surface area contributed by atoms with E-state index in [2.05, 4.69) is 5.32 Å². The van der Waals surface area contributed by atoms with Crippen molar-refractivity contribution in [3.8, 4) is 0 Å². The van der Waals surface area contributed by atoms with Crippen LogP contribution in [0.2, 0.25) is 0 Å². The highest BCUT2D eigenvalue weighted by molar-refractivity contribution is 5.68. The van der Waals surface area contributed by atoms with Gasteiger partial charge in [-0.05, 0) is 27.2 Å². The first-order valence-corrected chi connectivity index (χ1v) is 6.23. The van der Waals surface area contributed by atoms with Gasteiger partial charge in [-0.1, -0.05) is 0 Å². The number of ether oxygens (including phenoxy) is 2. The minimum atomic E-state index is -0.431. The van der Waals surface area contributed by atoms with E-state index in [0.717, 1.165) is 26.1 Å². The van der Waals surface area contributed by atoms with Crippen molar-refractivity contribution >= 4 is 6.09 Å². The predicted molar refractivity (Wildman–Crippen MR) is 64.0 cm³/mol. The maximum Gasteiger partial charge on any atom is 0.410 e. The fourth-order valence-electron chi connectivity index (χ4n) is 2.09. The lowest BCUT2D eigenvalue weighted by atomic mass is 9.93. The van der Waals surface area contributed by atoms with Gasteiger partial charge in [0.1, 0.15) is 5.60 Å².